The Morgan fingerprint density at radius 2 is 2.29 bits per heavy atom. The third-order valence-corrected chi connectivity index (χ3v) is 1.93. The molecule has 0 radical (unpaired) electrons. The molecule has 0 saturated heterocycles. The monoisotopic (exact) mass is 195 g/mol. The summed E-state index contributed by atoms with van der Waals surface area (Å²) in [6, 6.07) is 0. The number of hydrogen-bond donors (Lipinski definition) is 1. The fourth-order valence-corrected chi connectivity index (χ4v) is 1.24. The molecule has 4 nitrogen and oxygen atoms in total. The molecule has 1 aromatic heterocycles. The summed E-state index contributed by atoms with van der Waals surface area (Å²) in [6.07, 6.45) is 5.42. The Morgan fingerprint density at radius 3 is 2.93 bits per heavy atom. The molecule has 0 aliphatic rings. The lowest BCUT2D eigenvalue weighted by molar-refractivity contribution is 0.242. The molecular formula is C10H17N3O. The Bertz CT molecular complexity index is 278. The second-order valence-electron chi connectivity index (χ2n) is 3.49. The number of anilines is 1. The Labute approximate surface area is 84.5 Å². The van der Waals surface area contributed by atoms with Crippen molar-refractivity contribution in [2.24, 2.45) is 5.92 Å². The van der Waals surface area contributed by atoms with Gasteiger partial charge in [-0.25, -0.2) is 0 Å². The van der Waals surface area contributed by atoms with Gasteiger partial charge < -0.3 is 10.5 Å². The standard InChI is InChI=1S/C10H17N3O/c1-3-4-8(2)7-14-10-6-12-5-9(11)13-10/h5-6,8H,3-4,7H2,1-2H3,(H2,11,13). The van der Waals surface area contributed by atoms with Crippen LogP contribution in [-0.2, 0) is 0 Å². The third-order valence-electron chi connectivity index (χ3n) is 1.93. The maximum absolute atomic E-state index is 5.47. The van der Waals surface area contributed by atoms with Crippen LogP contribution < -0.4 is 10.5 Å². The van der Waals surface area contributed by atoms with Crippen molar-refractivity contribution in [3.8, 4) is 5.88 Å². The fraction of sp³-hybridized carbons (Fsp3) is 0.600. The summed E-state index contributed by atoms with van der Waals surface area (Å²) in [7, 11) is 0. The van der Waals surface area contributed by atoms with Crippen molar-refractivity contribution in [3.05, 3.63) is 12.4 Å². The molecule has 0 spiro atoms. The van der Waals surface area contributed by atoms with Crippen LogP contribution in [0.5, 0.6) is 5.88 Å². The summed E-state index contributed by atoms with van der Waals surface area (Å²) in [6.45, 7) is 4.99. The Hall–Kier alpha value is -1.32. The molecule has 0 fully saturated rings. The van der Waals surface area contributed by atoms with E-state index in [4.69, 9.17) is 10.5 Å². The summed E-state index contributed by atoms with van der Waals surface area (Å²) in [5.41, 5.74) is 5.47. The van der Waals surface area contributed by atoms with E-state index in [9.17, 15) is 0 Å². The Kier molecular flexibility index (Phi) is 4.16. The van der Waals surface area contributed by atoms with Crippen molar-refractivity contribution in [2.45, 2.75) is 26.7 Å². The van der Waals surface area contributed by atoms with Gasteiger partial charge in [0.1, 0.15) is 5.82 Å². The molecule has 0 aliphatic heterocycles. The normalized spacial score (nSPS) is 12.4. The number of aromatic nitrogens is 2. The van der Waals surface area contributed by atoms with E-state index in [0.29, 0.717) is 24.2 Å². The number of nitrogens with two attached hydrogens (primary N) is 1. The first-order valence-corrected chi connectivity index (χ1v) is 4.92. The Balaban J connectivity index is 2.37. The van der Waals surface area contributed by atoms with Gasteiger partial charge in [-0.15, -0.1) is 0 Å². The highest BCUT2D eigenvalue weighted by Gasteiger charge is 2.02. The van der Waals surface area contributed by atoms with Crippen molar-refractivity contribution in [1.82, 2.24) is 9.97 Å². The van der Waals surface area contributed by atoms with E-state index in [1.54, 1.807) is 6.20 Å². The van der Waals surface area contributed by atoms with Crippen molar-refractivity contribution >= 4 is 5.82 Å². The highest BCUT2D eigenvalue weighted by Crippen LogP contribution is 2.10. The first-order valence-electron chi connectivity index (χ1n) is 4.92. The van der Waals surface area contributed by atoms with Crippen LogP contribution >= 0.6 is 0 Å². The van der Waals surface area contributed by atoms with Crippen LogP contribution in [-0.4, -0.2) is 16.6 Å². The van der Waals surface area contributed by atoms with E-state index < -0.39 is 0 Å². The molecule has 0 aliphatic carbocycles. The largest absolute Gasteiger partial charge is 0.476 e. The van der Waals surface area contributed by atoms with Gasteiger partial charge in [0.05, 0.1) is 19.0 Å². The molecule has 1 rings (SSSR count). The fourth-order valence-electron chi connectivity index (χ4n) is 1.24. The van der Waals surface area contributed by atoms with Gasteiger partial charge in [-0.1, -0.05) is 20.3 Å². The van der Waals surface area contributed by atoms with Gasteiger partial charge in [-0.05, 0) is 12.3 Å². The van der Waals surface area contributed by atoms with Crippen LogP contribution in [0.2, 0.25) is 0 Å². The van der Waals surface area contributed by atoms with Crippen LogP contribution in [0.4, 0.5) is 5.82 Å². The molecule has 14 heavy (non-hydrogen) atoms. The molecule has 1 unspecified atom stereocenters. The molecule has 78 valence electrons. The van der Waals surface area contributed by atoms with Gasteiger partial charge in [-0.2, -0.15) is 4.98 Å². The highest BCUT2D eigenvalue weighted by molar-refractivity contribution is 5.25. The van der Waals surface area contributed by atoms with Crippen molar-refractivity contribution < 1.29 is 4.74 Å². The minimum atomic E-state index is 0.394. The lowest BCUT2D eigenvalue weighted by Gasteiger charge is -2.10. The van der Waals surface area contributed by atoms with Crippen molar-refractivity contribution in [2.75, 3.05) is 12.3 Å². The average molecular weight is 195 g/mol. The third kappa shape index (κ3) is 3.60. The van der Waals surface area contributed by atoms with E-state index in [2.05, 4.69) is 23.8 Å². The molecule has 0 bridgehead atoms. The number of rotatable bonds is 5. The van der Waals surface area contributed by atoms with E-state index in [1.165, 1.54) is 12.6 Å². The summed E-state index contributed by atoms with van der Waals surface area (Å²) in [5, 5.41) is 0. The van der Waals surface area contributed by atoms with Gasteiger partial charge in [0.2, 0.25) is 5.88 Å². The molecule has 4 heteroatoms. The zero-order chi connectivity index (χ0) is 10.4. The Morgan fingerprint density at radius 1 is 1.50 bits per heavy atom. The number of nitrogens with zero attached hydrogens (tertiary/aromatic N) is 2. The lowest BCUT2D eigenvalue weighted by Crippen LogP contribution is -2.09. The predicted molar refractivity (Wildman–Crippen MR) is 56.0 cm³/mol. The van der Waals surface area contributed by atoms with E-state index >= 15 is 0 Å². The molecule has 0 saturated carbocycles. The number of nitrogen functional groups attached to an aromatic ring is 1. The smallest absolute Gasteiger partial charge is 0.234 e. The van der Waals surface area contributed by atoms with Gasteiger partial charge in [0, 0.05) is 0 Å². The SMILES string of the molecule is CCCC(C)COc1cncc(N)n1. The molecular weight excluding hydrogens is 178 g/mol. The second-order valence-corrected chi connectivity index (χ2v) is 3.49. The van der Waals surface area contributed by atoms with Crippen LogP contribution in [0.15, 0.2) is 12.4 Å². The lowest BCUT2D eigenvalue weighted by atomic mass is 10.1. The highest BCUT2D eigenvalue weighted by atomic mass is 16.5. The van der Waals surface area contributed by atoms with Gasteiger partial charge in [0.15, 0.2) is 0 Å². The van der Waals surface area contributed by atoms with Crippen molar-refractivity contribution in [1.29, 1.82) is 0 Å². The maximum atomic E-state index is 5.47. The van der Waals surface area contributed by atoms with Gasteiger partial charge >= 0.3 is 0 Å². The molecule has 0 aromatic carbocycles. The van der Waals surface area contributed by atoms with Crippen molar-refractivity contribution in [3.63, 3.8) is 0 Å². The van der Waals surface area contributed by atoms with E-state index in [0.717, 1.165) is 6.42 Å². The zero-order valence-corrected chi connectivity index (χ0v) is 8.73. The number of ether oxygens (including phenoxy) is 1. The molecule has 1 aromatic rings. The summed E-state index contributed by atoms with van der Waals surface area (Å²) < 4.78 is 5.45. The summed E-state index contributed by atoms with van der Waals surface area (Å²) in [5.74, 6) is 1.45. The minimum absolute atomic E-state index is 0.394. The second kappa shape index (κ2) is 5.42. The van der Waals surface area contributed by atoms with Crippen LogP contribution in [0.3, 0.4) is 0 Å². The molecule has 2 N–H and O–H groups in total. The predicted octanol–water partition coefficient (Wildman–Crippen LogP) is 1.87. The van der Waals surface area contributed by atoms with E-state index in [1.807, 2.05) is 0 Å². The summed E-state index contributed by atoms with van der Waals surface area (Å²) >= 11 is 0. The summed E-state index contributed by atoms with van der Waals surface area (Å²) in [4.78, 5) is 7.89. The number of hydrogen-bond acceptors (Lipinski definition) is 4. The molecule has 1 atom stereocenters. The molecule has 0 amide bonds. The van der Waals surface area contributed by atoms with Crippen LogP contribution in [0.1, 0.15) is 26.7 Å². The van der Waals surface area contributed by atoms with Crippen LogP contribution in [0.25, 0.3) is 0 Å². The first-order chi connectivity index (χ1) is 6.72. The van der Waals surface area contributed by atoms with E-state index in [-0.39, 0.29) is 0 Å². The quantitative estimate of drug-likeness (QED) is 0.779. The topological polar surface area (TPSA) is 61.0 Å². The molecule has 1 heterocycles. The van der Waals surface area contributed by atoms with Gasteiger partial charge in [0.25, 0.3) is 0 Å². The first kappa shape index (κ1) is 10.8. The van der Waals surface area contributed by atoms with Gasteiger partial charge in [-0.3, -0.25) is 4.98 Å². The van der Waals surface area contributed by atoms with Crippen LogP contribution in [0, 0.1) is 5.92 Å². The minimum Gasteiger partial charge on any atom is -0.476 e. The average Bonchev–Trinajstić information content (AvgIpc) is 2.15. The zero-order valence-electron chi connectivity index (χ0n) is 8.73. The maximum Gasteiger partial charge on any atom is 0.234 e.